The van der Waals surface area contributed by atoms with E-state index in [4.69, 9.17) is 0 Å². The topological polar surface area (TPSA) is 85.1 Å². The van der Waals surface area contributed by atoms with Gasteiger partial charge in [-0.3, -0.25) is 13.9 Å². The number of hydrogen-bond donors (Lipinski definition) is 2. The number of nitrogens with zero attached hydrogens (tertiary/aromatic N) is 2. The van der Waals surface area contributed by atoms with Crippen molar-refractivity contribution < 1.29 is 4.21 Å². The number of nitrogens with one attached hydrogen (secondary N) is 2. The maximum atomic E-state index is 13.2. The first-order valence-corrected chi connectivity index (χ1v) is 11.1. The van der Waals surface area contributed by atoms with E-state index >= 15 is 0 Å². The number of hydrogen-bond acceptors (Lipinski definition) is 4. The van der Waals surface area contributed by atoms with Crippen LogP contribution < -0.4 is 21.3 Å². The van der Waals surface area contributed by atoms with Crippen molar-refractivity contribution >= 4 is 21.9 Å². The molecule has 2 N–H and O–H groups in total. The molecule has 1 saturated heterocycles. The molecule has 2 saturated carbocycles. The third kappa shape index (κ3) is 3.07. The molecule has 28 heavy (non-hydrogen) atoms. The molecule has 7 nitrogen and oxygen atoms in total. The molecule has 3 aliphatic rings. The van der Waals surface area contributed by atoms with Crippen LogP contribution >= 0.6 is 0 Å². The third-order valence-electron chi connectivity index (χ3n) is 6.47. The van der Waals surface area contributed by atoms with Crippen LogP contribution in [0.1, 0.15) is 45.6 Å². The lowest BCUT2D eigenvalue weighted by atomic mass is 10.1. The van der Waals surface area contributed by atoms with Crippen LogP contribution in [0.5, 0.6) is 0 Å². The zero-order valence-corrected chi connectivity index (χ0v) is 17.1. The summed E-state index contributed by atoms with van der Waals surface area (Å²) in [6, 6.07) is 5.16. The van der Waals surface area contributed by atoms with Gasteiger partial charge in [0.1, 0.15) is 11.0 Å². The molecule has 0 radical (unpaired) electrons. The maximum absolute atomic E-state index is 13.2. The molecule has 1 aromatic carbocycles. The van der Waals surface area contributed by atoms with Gasteiger partial charge in [0.15, 0.2) is 0 Å². The highest BCUT2D eigenvalue weighted by Crippen LogP contribution is 2.46. The van der Waals surface area contributed by atoms with Crippen molar-refractivity contribution in [2.24, 2.45) is 5.41 Å². The number of benzene rings is 1. The Labute approximate surface area is 165 Å². The number of rotatable bonds is 6. The van der Waals surface area contributed by atoms with E-state index in [1.807, 2.05) is 0 Å². The van der Waals surface area contributed by atoms with Gasteiger partial charge < -0.3 is 5.32 Å². The summed E-state index contributed by atoms with van der Waals surface area (Å²) in [6.45, 7) is 6.10. The average Bonchev–Trinajstić information content (AvgIpc) is 3.53. The molecule has 1 atom stereocenters. The fraction of sp³-hybridized carbons (Fsp3) is 0.600. The highest BCUT2D eigenvalue weighted by molar-refractivity contribution is 7.83. The van der Waals surface area contributed by atoms with Gasteiger partial charge in [-0.15, -0.1) is 0 Å². The molecule has 8 heteroatoms. The Hall–Kier alpha value is -1.77. The Morgan fingerprint density at radius 2 is 1.89 bits per heavy atom. The Balaban J connectivity index is 1.66. The van der Waals surface area contributed by atoms with Gasteiger partial charge in [0.2, 0.25) is 0 Å². The van der Waals surface area contributed by atoms with Gasteiger partial charge in [-0.05, 0) is 56.2 Å². The lowest BCUT2D eigenvalue weighted by Crippen LogP contribution is -2.53. The summed E-state index contributed by atoms with van der Waals surface area (Å²) in [5.41, 5.74) is 0.192. The molecule has 2 heterocycles. The van der Waals surface area contributed by atoms with E-state index in [0.29, 0.717) is 35.4 Å². The van der Waals surface area contributed by atoms with Crippen LogP contribution in [0.2, 0.25) is 0 Å². The first-order valence-electron chi connectivity index (χ1n) is 9.98. The van der Waals surface area contributed by atoms with Crippen LogP contribution in [-0.2, 0) is 17.5 Å². The van der Waals surface area contributed by atoms with E-state index in [2.05, 4.69) is 23.9 Å². The van der Waals surface area contributed by atoms with E-state index in [-0.39, 0.29) is 28.2 Å². The summed E-state index contributed by atoms with van der Waals surface area (Å²) in [6.07, 6.45) is 4.20. The molecule has 0 amide bonds. The van der Waals surface area contributed by atoms with Crippen LogP contribution in [0, 0.1) is 5.41 Å². The van der Waals surface area contributed by atoms with E-state index in [1.54, 1.807) is 22.8 Å². The molecule has 3 fully saturated rings. The normalized spacial score (nSPS) is 23.4. The Kier molecular flexibility index (Phi) is 3.99. The van der Waals surface area contributed by atoms with E-state index in [1.165, 1.54) is 4.57 Å². The number of fused-ring (bicyclic) bond motifs is 1. The van der Waals surface area contributed by atoms with Crippen LogP contribution in [0.4, 0.5) is 0 Å². The van der Waals surface area contributed by atoms with Crippen molar-refractivity contribution in [2.75, 3.05) is 13.1 Å². The minimum atomic E-state index is -1.38. The average molecular weight is 403 g/mol. The molecule has 150 valence electrons. The van der Waals surface area contributed by atoms with Crippen molar-refractivity contribution in [3.63, 3.8) is 0 Å². The minimum Gasteiger partial charge on any atom is -0.312 e. The molecule has 1 unspecified atom stereocenters. The first kappa shape index (κ1) is 18.3. The summed E-state index contributed by atoms with van der Waals surface area (Å²) >= 11 is 0. The van der Waals surface area contributed by atoms with Crippen molar-refractivity contribution in [1.82, 2.24) is 19.2 Å². The SMILES string of the molecule is CC1(Cn2c(=O)n(C3CNC3)c(=O)c3cc(S(=O)NC4(C)CC4)ccc32)CC1. The van der Waals surface area contributed by atoms with Crippen LogP contribution in [0.15, 0.2) is 32.7 Å². The third-order valence-corrected chi connectivity index (χ3v) is 7.83. The maximum Gasteiger partial charge on any atom is 0.331 e. The number of aromatic nitrogens is 2. The summed E-state index contributed by atoms with van der Waals surface area (Å²) in [7, 11) is -1.38. The highest BCUT2D eigenvalue weighted by Gasteiger charge is 2.40. The molecule has 1 aliphatic heterocycles. The molecule has 0 spiro atoms. The van der Waals surface area contributed by atoms with Crippen LogP contribution in [-0.4, -0.2) is 32.0 Å². The van der Waals surface area contributed by atoms with Gasteiger partial charge in [-0.25, -0.2) is 13.7 Å². The predicted octanol–water partition coefficient (Wildman–Crippen LogP) is 1.27. The van der Waals surface area contributed by atoms with E-state index in [9.17, 15) is 13.8 Å². The monoisotopic (exact) mass is 402 g/mol. The van der Waals surface area contributed by atoms with E-state index in [0.717, 1.165) is 25.7 Å². The molecule has 2 aliphatic carbocycles. The molecule has 1 aromatic heterocycles. The lowest BCUT2D eigenvalue weighted by molar-refractivity contribution is 0.316. The molecule has 5 rings (SSSR count). The van der Waals surface area contributed by atoms with Crippen molar-refractivity contribution in [3.8, 4) is 0 Å². The molecular weight excluding hydrogens is 376 g/mol. The molecular formula is C20H26N4O3S. The predicted molar refractivity (Wildman–Crippen MR) is 109 cm³/mol. The Morgan fingerprint density at radius 1 is 1.18 bits per heavy atom. The van der Waals surface area contributed by atoms with Gasteiger partial charge in [0.05, 0.1) is 21.8 Å². The van der Waals surface area contributed by atoms with Gasteiger partial charge >= 0.3 is 5.69 Å². The Bertz CT molecular complexity index is 1110. The van der Waals surface area contributed by atoms with Gasteiger partial charge in [0.25, 0.3) is 5.56 Å². The second-order valence-corrected chi connectivity index (χ2v) is 10.5. The minimum absolute atomic E-state index is 0.0724. The lowest BCUT2D eigenvalue weighted by Gasteiger charge is -2.29. The smallest absolute Gasteiger partial charge is 0.312 e. The fourth-order valence-electron chi connectivity index (χ4n) is 3.74. The zero-order chi connectivity index (χ0) is 19.7. The summed E-state index contributed by atoms with van der Waals surface area (Å²) in [4.78, 5) is 27.0. The molecule has 0 bridgehead atoms. The highest BCUT2D eigenvalue weighted by atomic mass is 32.2. The standard InChI is InChI=1S/C20H26N4O3S/c1-19(5-6-19)12-23-16-4-3-14(28(27)22-20(2)7-8-20)9-15(16)17(25)24(18(23)26)13-10-21-11-13/h3-4,9,13,21-22H,5-8,10-12H2,1-2H3. The van der Waals surface area contributed by atoms with Crippen molar-refractivity contribution in [2.45, 2.75) is 62.6 Å². The Morgan fingerprint density at radius 3 is 2.46 bits per heavy atom. The zero-order valence-electron chi connectivity index (χ0n) is 16.3. The van der Waals surface area contributed by atoms with Gasteiger partial charge in [-0.1, -0.05) is 6.92 Å². The van der Waals surface area contributed by atoms with E-state index < -0.39 is 11.0 Å². The summed E-state index contributed by atoms with van der Waals surface area (Å²) in [5, 5.41) is 3.61. The fourth-order valence-corrected chi connectivity index (χ4v) is 4.93. The van der Waals surface area contributed by atoms with Gasteiger partial charge in [-0.2, -0.15) is 0 Å². The van der Waals surface area contributed by atoms with Gasteiger partial charge in [0, 0.05) is 25.2 Å². The van der Waals surface area contributed by atoms with Crippen molar-refractivity contribution in [3.05, 3.63) is 39.0 Å². The molecule has 2 aromatic rings. The second-order valence-electron chi connectivity index (χ2n) is 9.28. The first-order chi connectivity index (χ1) is 13.3. The summed E-state index contributed by atoms with van der Waals surface area (Å²) < 4.78 is 19.0. The summed E-state index contributed by atoms with van der Waals surface area (Å²) in [5.74, 6) is 0. The van der Waals surface area contributed by atoms with Crippen LogP contribution in [0.3, 0.4) is 0 Å². The largest absolute Gasteiger partial charge is 0.331 e. The second kappa shape index (κ2) is 6.11. The van der Waals surface area contributed by atoms with Crippen LogP contribution in [0.25, 0.3) is 10.9 Å². The quantitative estimate of drug-likeness (QED) is 0.762. The van der Waals surface area contributed by atoms with Crippen molar-refractivity contribution in [1.29, 1.82) is 0 Å².